The average Bonchev–Trinajstić information content (AvgIpc) is 2.16. The lowest BCUT2D eigenvalue weighted by Gasteiger charge is -1.91. The second-order valence-corrected chi connectivity index (χ2v) is 4.58. The van der Waals surface area contributed by atoms with E-state index in [-0.39, 0.29) is 6.61 Å². The van der Waals surface area contributed by atoms with Crippen molar-refractivity contribution in [3.05, 3.63) is 48.6 Å². The van der Waals surface area contributed by atoms with Crippen molar-refractivity contribution in [2.45, 2.75) is 6.92 Å². The van der Waals surface area contributed by atoms with Gasteiger partial charge in [-0.3, -0.25) is 4.18 Å². The topological polar surface area (TPSA) is 43.4 Å². The van der Waals surface area contributed by atoms with Gasteiger partial charge in [0.1, 0.15) is 0 Å². The number of benzene rings is 1. The van der Waals surface area contributed by atoms with Gasteiger partial charge in [0.2, 0.25) is 0 Å². The summed E-state index contributed by atoms with van der Waals surface area (Å²) >= 11 is 0. The molecule has 0 amide bonds. The largest absolute Gasteiger partial charge is 0.266 e. The molecule has 1 rings (SSSR count). The summed E-state index contributed by atoms with van der Waals surface area (Å²) in [6, 6.07) is 10.3. The molecule has 3 nitrogen and oxygen atoms in total. The molecular weight excluding hydrogens is 212 g/mol. The molecule has 0 radical (unpaired) electrons. The summed E-state index contributed by atoms with van der Waals surface area (Å²) in [6.45, 7) is 5.41. The van der Waals surface area contributed by atoms with Crippen LogP contribution in [0.4, 0.5) is 0 Å². The molecule has 0 bridgehead atoms. The van der Waals surface area contributed by atoms with E-state index in [2.05, 4.69) is 29.8 Å². The molecule has 0 aromatic heterocycles. The van der Waals surface area contributed by atoms with E-state index < -0.39 is 10.1 Å². The summed E-state index contributed by atoms with van der Waals surface area (Å²) in [4.78, 5) is 0. The molecule has 0 aliphatic heterocycles. The van der Waals surface area contributed by atoms with Crippen LogP contribution in [0.5, 0.6) is 0 Å². The summed E-state index contributed by atoms with van der Waals surface area (Å²) in [7, 11) is -3.26. The van der Waals surface area contributed by atoms with Crippen LogP contribution in [-0.2, 0) is 14.3 Å². The molecule has 1 aromatic rings. The number of hydrogen-bond donors (Lipinski definition) is 0. The molecule has 0 aliphatic rings. The Morgan fingerprint density at radius 2 is 1.87 bits per heavy atom. The number of aryl methyl sites for hydroxylation is 1. The zero-order valence-corrected chi connectivity index (χ0v) is 9.83. The molecule has 1 aromatic carbocycles. The first-order valence-corrected chi connectivity index (χ1v) is 6.24. The van der Waals surface area contributed by atoms with Crippen molar-refractivity contribution in [3.8, 4) is 0 Å². The van der Waals surface area contributed by atoms with Crippen LogP contribution in [0.2, 0.25) is 0 Å². The molecule has 0 aliphatic carbocycles. The zero-order chi connectivity index (χ0) is 11.7. The zero-order valence-electron chi connectivity index (χ0n) is 9.01. The highest BCUT2D eigenvalue weighted by molar-refractivity contribution is 7.85. The quantitative estimate of drug-likeness (QED) is 0.588. The van der Waals surface area contributed by atoms with E-state index in [1.165, 1.54) is 11.6 Å². The molecule has 0 atom stereocenters. The summed E-state index contributed by atoms with van der Waals surface area (Å²) in [5, 5.41) is 0. The summed E-state index contributed by atoms with van der Waals surface area (Å²) in [5.74, 6) is 0. The van der Waals surface area contributed by atoms with Crippen LogP contribution in [-0.4, -0.2) is 21.3 Å². The van der Waals surface area contributed by atoms with Crippen molar-refractivity contribution >= 4 is 10.1 Å². The number of rotatable bonds is 3. The van der Waals surface area contributed by atoms with Crippen molar-refractivity contribution in [3.63, 3.8) is 0 Å². The standard InChI is InChI=1S/C7H8.C4H8O3S/c1-7-5-3-2-4-6-7;1-3-4-7-8(2,5)6/h2-6H,1H3;3H,1,4H2,2H3. The third-order valence-corrected chi connectivity index (χ3v) is 1.90. The second-order valence-electron chi connectivity index (χ2n) is 2.93. The maximum atomic E-state index is 10.1. The van der Waals surface area contributed by atoms with Gasteiger partial charge in [-0.15, -0.1) is 6.58 Å². The molecule has 0 N–H and O–H groups in total. The Kier molecular flexibility index (Phi) is 6.66. The van der Waals surface area contributed by atoms with Crippen molar-refractivity contribution < 1.29 is 12.6 Å². The SMILES string of the molecule is C=CCOS(C)(=O)=O.Cc1ccccc1. The van der Waals surface area contributed by atoms with E-state index in [1.54, 1.807) is 0 Å². The molecule has 0 unspecified atom stereocenters. The summed E-state index contributed by atoms with van der Waals surface area (Å²) < 4.78 is 24.5. The minimum Gasteiger partial charge on any atom is -0.266 e. The van der Waals surface area contributed by atoms with E-state index in [1.807, 2.05) is 18.2 Å². The first-order valence-electron chi connectivity index (χ1n) is 4.42. The van der Waals surface area contributed by atoms with Crippen LogP contribution in [0, 0.1) is 6.92 Å². The highest BCUT2D eigenvalue weighted by Crippen LogP contribution is 1.92. The van der Waals surface area contributed by atoms with Crippen LogP contribution in [0.15, 0.2) is 43.0 Å². The van der Waals surface area contributed by atoms with Gasteiger partial charge in [-0.2, -0.15) is 8.42 Å². The van der Waals surface area contributed by atoms with Gasteiger partial charge < -0.3 is 0 Å². The van der Waals surface area contributed by atoms with E-state index in [0.29, 0.717) is 0 Å². The summed E-state index contributed by atoms with van der Waals surface area (Å²) in [6.07, 6.45) is 2.37. The van der Waals surface area contributed by atoms with E-state index in [0.717, 1.165) is 6.26 Å². The fraction of sp³-hybridized carbons (Fsp3) is 0.273. The predicted octanol–water partition coefficient (Wildman–Crippen LogP) is 2.14. The maximum absolute atomic E-state index is 10.1. The van der Waals surface area contributed by atoms with Crippen molar-refractivity contribution in [2.75, 3.05) is 12.9 Å². The highest BCUT2D eigenvalue weighted by Gasteiger charge is 1.95. The highest BCUT2D eigenvalue weighted by atomic mass is 32.2. The van der Waals surface area contributed by atoms with Crippen LogP contribution in [0.1, 0.15) is 5.56 Å². The van der Waals surface area contributed by atoms with Gasteiger partial charge in [0.15, 0.2) is 0 Å². The van der Waals surface area contributed by atoms with Crippen LogP contribution in [0.3, 0.4) is 0 Å². The Morgan fingerprint density at radius 3 is 2.07 bits per heavy atom. The van der Waals surface area contributed by atoms with Crippen molar-refractivity contribution in [1.29, 1.82) is 0 Å². The third kappa shape index (κ3) is 10.8. The van der Waals surface area contributed by atoms with Crippen LogP contribution >= 0.6 is 0 Å². The minimum atomic E-state index is -3.26. The Balaban J connectivity index is 0.000000262. The van der Waals surface area contributed by atoms with Gasteiger partial charge >= 0.3 is 0 Å². The lowest BCUT2D eigenvalue weighted by atomic mass is 10.2. The maximum Gasteiger partial charge on any atom is 0.264 e. The van der Waals surface area contributed by atoms with Crippen molar-refractivity contribution in [2.24, 2.45) is 0 Å². The van der Waals surface area contributed by atoms with E-state index >= 15 is 0 Å². The molecular formula is C11H16O3S. The Bertz CT molecular complexity index is 368. The monoisotopic (exact) mass is 228 g/mol. The summed E-state index contributed by atoms with van der Waals surface area (Å²) in [5.41, 5.74) is 1.32. The molecule has 0 fully saturated rings. The van der Waals surface area contributed by atoms with Gasteiger partial charge in [-0.05, 0) is 6.92 Å². The van der Waals surface area contributed by atoms with Gasteiger partial charge in [0.05, 0.1) is 12.9 Å². The molecule has 0 spiro atoms. The lowest BCUT2D eigenvalue weighted by molar-refractivity contribution is 0.362. The fourth-order valence-corrected chi connectivity index (χ4v) is 1.05. The second kappa shape index (κ2) is 7.20. The predicted molar refractivity (Wildman–Crippen MR) is 62.2 cm³/mol. The first-order chi connectivity index (χ1) is 6.95. The van der Waals surface area contributed by atoms with Crippen LogP contribution in [0.25, 0.3) is 0 Å². The molecule has 84 valence electrons. The van der Waals surface area contributed by atoms with Gasteiger partial charge in [-0.25, -0.2) is 0 Å². The van der Waals surface area contributed by atoms with E-state index in [4.69, 9.17) is 0 Å². The Hall–Kier alpha value is -1.13. The van der Waals surface area contributed by atoms with Crippen LogP contribution < -0.4 is 0 Å². The molecule has 15 heavy (non-hydrogen) atoms. The molecule has 0 saturated heterocycles. The minimum absolute atomic E-state index is 0.0544. The molecule has 4 heteroatoms. The Labute approximate surface area is 91.5 Å². The normalized spacial score (nSPS) is 10.0. The fourth-order valence-electron chi connectivity index (χ4n) is 0.706. The average molecular weight is 228 g/mol. The molecule has 0 saturated carbocycles. The van der Waals surface area contributed by atoms with Crippen molar-refractivity contribution in [1.82, 2.24) is 0 Å². The first kappa shape index (κ1) is 13.9. The smallest absolute Gasteiger partial charge is 0.264 e. The Morgan fingerprint density at radius 1 is 1.33 bits per heavy atom. The molecule has 0 heterocycles. The van der Waals surface area contributed by atoms with E-state index in [9.17, 15) is 8.42 Å². The lowest BCUT2D eigenvalue weighted by Crippen LogP contribution is -2.01. The van der Waals surface area contributed by atoms with Gasteiger partial charge in [-0.1, -0.05) is 42.0 Å². The van der Waals surface area contributed by atoms with Gasteiger partial charge in [0, 0.05) is 0 Å². The third-order valence-electron chi connectivity index (χ3n) is 1.34. The van der Waals surface area contributed by atoms with Gasteiger partial charge in [0.25, 0.3) is 10.1 Å². The number of hydrogen-bond acceptors (Lipinski definition) is 3.